The molecule has 1 unspecified atom stereocenters. The van der Waals surface area contributed by atoms with Crippen LogP contribution in [0.15, 0.2) is 12.1 Å². The van der Waals surface area contributed by atoms with Crippen LogP contribution in [0.5, 0.6) is 0 Å². The molecule has 0 bridgehead atoms. The second-order valence-corrected chi connectivity index (χ2v) is 7.53. The van der Waals surface area contributed by atoms with Gasteiger partial charge in [-0.05, 0) is 63.4 Å². The lowest BCUT2D eigenvalue weighted by Crippen LogP contribution is -2.39. The van der Waals surface area contributed by atoms with Crippen molar-refractivity contribution >= 4 is 5.97 Å². The number of fused-ring (bicyclic) bond motifs is 1. The molecule has 1 heterocycles. The Morgan fingerprint density at radius 2 is 1.96 bits per heavy atom. The van der Waals surface area contributed by atoms with Gasteiger partial charge in [-0.1, -0.05) is 0 Å². The second kappa shape index (κ2) is 6.19. The molecule has 0 aromatic heterocycles. The Morgan fingerprint density at radius 1 is 1.30 bits per heavy atom. The Bertz CT molecular complexity index is 598. The van der Waals surface area contributed by atoms with Crippen LogP contribution in [0.25, 0.3) is 0 Å². The maximum Gasteiger partial charge on any atom is 0.310 e. The molecule has 0 saturated carbocycles. The summed E-state index contributed by atoms with van der Waals surface area (Å²) in [6, 6.07) is 2.71. The molecule has 1 atom stereocenters. The fourth-order valence-electron chi connectivity index (χ4n) is 2.71. The van der Waals surface area contributed by atoms with Crippen LogP contribution in [0.2, 0.25) is 0 Å². The van der Waals surface area contributed by atoms with Crippen molar-refractivity contribution in [3.05, 3.63) is 34.6 Å². The Labute approximate surface area is 136 Å². The largest absolute Gasteiger partial charge is 0.460 e. The molecule has 23 heavy (non-hydrogen) atoms. The fourth-order valence-corrected chi connectivity index (χ4v) is 2.71. The summed E-state index contributed by atoms with van der Waals surface area (Å²) in [5.41, 5.74) is -0.0955. The van der Waals surface area contributed by atoms with Gasteiger partial charge in [0.05, 0.1) is 19.1 Å². The summed E-state index contributed by atoms with van der Waals surface area (Å²) in [4.78, 5) is 12.1. The summed E-state index contributed by atoms with van der Waals surface area (Å²) in [6.45, 7) is 8.40. The van der Waals surface area contributed by atoms with Gasteiger partial charge in [0, 0.05) is 6.42 Å². The molecule has 5 heteroatoms. The molecule has 1 aromatic rings. The van der Waals surface area contributed by atoms with Gasteiger partial charge < -0.3 is 9.47 Å². The normalized spacial score (nSPS) is 18.5. The number of ether oxygens (including phenoxy) is 2. The maximum atomic E-state index is 14.2. The quantitative estimate of drug-likeness (QED) is 0.790. The molecule has 128 valence electrons. The minimum absolute atomic E-state index is 0.0310. The van der Waals surface area contributed by atoms with E-state index in [9.17, 15) is 13.6 Å². The summed E-state index contributed by atoms with van der Waals surface area (Å²) in [5.74, 6) is -0.850. The van der Waals surface area contributed by atoms with Crippen LogP contribution in [0.3, 0.4) is 0 Å². The Balaban J connectivity index is 2.27. The van der Waals surface area contributed by atoms with Gasteiger partial charge in [-0.25, -0.2) is 8.78 Å². The minimum Gasteiger partial charge on any atom is -0.460 e. The standard InChI is InChI=1S/C18H24F2O3/c1-17(2,3)23-16(21)8-11-6-13(19)7-12-10-22-15(9-14(11)12)18(4,5)20/h6-7,15H,8-10H2,1-5H3. The van der Waals surface area contributed by atoms with E-state index in [2.05, 4.69) is 0 Å². The number of halogens is 2. The van der Waals surface area contributed by atoms with Crippen LogP contribution in [0.4, 0.5) is 8.78 Å². The highest BCUT2D eigenvalue weighted by atomic mass is 19.1. The number of carbonyl (C=O) groups is 1. The van der Waals surface area contributed by atoms with E-state index in [-0.39, 0.29) is 13.0 Å². The van der Waals surface area contributed by atoms with Crippen molar-refractivity contribution in [2.24, 2.45) is 0 Å². The van der Waals surface area contributed by atoms with Crippen LogP contribution >= 0.6 is 0 Å². The predicted octanol–water partition coefficient (Wildman–Crippen LogP) is 3.90. The van der Waals surface area contributed by atoms with Crippen LogP contribution in [-0.2, 0) is 33.7 Å². The highest BCUT2D eigenvalue weighted by Crippen LogP contribution is 2.32. The van der Waals surface area contributed by atoms with Crippen molar-refractivity contribution in [2.75, 3.05) is 0 Å². The second-order valence-electron chi connectivity index (χ2n) is 7.53. The first-order valence-electron chi connectivity index (χ1n) is 7.78. The van der Waals surface area contributed by atoms with E-state index in [0.717, 1.165) is 5.56 Å². The van der Waals surface area contributed by atoms with Crippen molar-refractivity contribution in [3.63, 3.8) is 0 Å². The van der Waals surface area contributed by atoms with Gasteiger partial charge >= 0.3 is 5.97 Å². The molecule has 0 N–H and O–H groups in total. The molecule has 1 aliphatic rings. The third-order valence-electron chi connectivity index (χ3n) is 3.75. The molecular weight excluding hydrogens is 302 g/mol. The first kappa shape index (κ1) is 17.9. The zero-order valence-corrected chi connectivity index (χ0v) is 14.3. The third kappa shape index (κ3) is 4.74. The van der Waals surface area contributed by atoms with Gasteiger partial charge in [0.25, 0.3) is 0 Å². The average molecular weight is 326 g/mol. The van der Waals surface area contributed by atoms with Gasteiger partial charge in [0.1, 0.15) is 17.1 Å². The summed E-state index contributed by atoms with van der Waals surface area (Å²) >= 11 is 0. The molecule has 1 aliphatic heterocycles. The SMILES string of the molecule is CC(C)(C)OC(=O)Cc1cc(F)cc2c1CC(C(C)(C)F)OC2. The number of hydrogen-bond donors (Lipinski definition) is 0. The van der Waals surface area contributed by atoms with Crippen LogP contribution in [-0.4, -0.2) is 23.3 Å². The van der Waals surface area contributed by atoms with Crippen molar-refractivity contribution in [3.8, 4) is 0 Å². The first-order chi connectivity index (χ1) is 10.5. The van der Waals surface area contributed by atoms with E-state index < -0.39 is 29.2 Å². The highest BCUT2D eigenvalue weighted by molar-refractivity contribution is 5.73. The number of esters is 1. The van der Waals surface area contributed by atoms with Crippen LogP contribution in [0, 0.1) is 5.82 Å². The molecular formula is C18H24F2O3. The highest BCUT2D eigenvalue weighted by Gasteiger charge is 2.35. The summed E-state index contributed by atoms with van der Waals surface area (Å²) in [5, 5.41) is 0. The lowest BCUT2D eigenvalue weighted by molar-refractivity contribution is -0.153. The van der Waals surface area contributed by atoms with Gasteiger partial charge in [-0.2, -0.15) is 0 Å². The topological polar surface area (TPSA) is 35.5 Å². The number of hydrogen-bond acceptors (Lipinski definition) is 3. The van der Waals surface area contributed by atoms with Crippen molar-refractivity contribution in [1.82, 2.24) is 0 Å². The minimum atomic E-state index is -1.50. The Kier molecular flexibility index (Phi) is 4.81. The summed E-state index contributed by atoms with van der Waals surface area (Å²) in [7, 11) is 0. The zero-order valence-electron chi connectivity index (χ0n) is 14.3. The molecule has 0 radical (unpaired) electrons. The van der Waals surface area contributed by atoms with E-state index in [0.29, 0.717) is 17.5 Å². The fraction of sp³-hybridized carbons (Fsp3) is 0.611. The predicted molar refractivity (Wildman–Crippen MR) is 83.4 cm³/mol. The van der Waals surface area contributed by atoms with Gasteiger partial charge in [-0.3, -0.25) is 4.79 Å². The molecule has 2 rings (SSSR count). The molecule has 0 spiro atoms. The molecule has 0 aliphatic carbocycles. The lowest BCUT2D eigenvalue weighted by atomic mass is 9.87. The number of carbonyl (C=O) groups excluding carboxylic acids is 1. The van der Waals surface area contributed by atoms with E-state index in [1.165, 1.54) is 26.0 Å². The monoisotopic (exact) mass is 326 g/mol. The summed E-state index contributed by atoms with van der Waals surface area (Å²) < 4.78 is 38.8. The Hall–Kier alpha value is -1.49. The molecule has 0 amide bonds. The lowest BCUT2D eigenvalue weighted by Gasteiger charge is -2.33. The summed E-state index contributed by atoms with van der Waals surface area (Å²) in [6.07, 6.45) is -0.327. The first-order valence-corrected chi connectivity index (χ1v) is 7.78. The van der Waals surface area contributed by atoms with E-state index in [1.807, 2.05) is 0 Å². The average Bonchev–Trinajstić information content (AvgIpc) is 2.34. The smallest absolute Gasteiger partial charge is 0.310 e. The third-order valence-corrected chi connectivity index (χ3v) is 3.75. The van der Waals surface area contributed by atoms with Gasteiger partial charge in [0.2, 0.25) is 0 Å². The maximum absolute atomic E-state index is 14.2. The number of alkyl halides is 1. The van der Waals surface area contributed by atoms with E-state index >= 15 is 0 Å². The van der Waals surface area contributed by atoms with Crippen molar-refractivity contribution < 1.29 is 23.0 Å². The van der Waals surface area contributed by atoms with Gasteiger partial charge in [-0.15, -0.1) is 0 Å². The number of benzene rings is 1. The molecule has 1 aromatic carbocycles. The van der Waals surface area contributed by atoms with Crippen molar-refractivity contribution in [1.29, 1.82) is 0 Å². The number of rotatable bonds is 3. The zero-order chi connectivity index (χ0) is 17.4. The Morgan fingerprint density at radius 3 is 2.52 bits per heavy atom. The molecule has 0 saturated heterocycles. The van der Waals surface area contributed by atoms with Crippen LogP contribution in [0.1, 0.15) is 51.3 Å². The van der Waals surface area contributed by atoms with E-state index in [4.69, 9.17) is 9.47 Å². The van der Waals surface area contributed by atoms with Crippen LogP contribution < -0.4 is 0 Å². The van der Waals surface area contributed by atoms with Gasteiger partial charge in [0.15, 0.2) is 0 Å². The van der Waals surface area contributed by atoms with Crippen molar-refractivity contribution in [2.45, 2.75) is 71.4 Å². The molecule has 3 nitrogen and oxygen atoms in total. The van der Waals surface area contributed by atoms with E-state index in [1.54, 1.807) is 20.8 Å². The molecule has 0 fully saturated rings.